The van der Waals surface area contributed by atoms with Crippen LogP contribution in [-0.4, -0.2) is 28.0 Å². The molecule has 0 fully saturated rings. The molecule has 3 rings (SSSR count). The minimum Gasteiger partial charge on any atom is -0.480 e. The van der Waals surface area contributed by atoms with Crippen molar-refractivity contribution in [2.24, 2.45) is 0 Å². The highest BCUT2D eigenvalue weighted by atomic mass is 16.4. The summed E-state index contributed by atoms with van der Waals surface area (Å²) in [6.07, 6.45) is 3.11. The summed E-state index contributed by atoms with van der Waals surface area (Å²) in [6, 6.07) is 19.6. The van der Waals surface area contributed by atoms with Gasteiger partial charge in [0.15, 0.2) is 0 Å². The number of carbonyl (C=O) groups excluding carboxylic acids is 1. The van der Waals surface area contributed by atoms with Crippen molar-refractivity contribution in [3.05, 3.63) is 84.7 Å². The van der Waals surface area contributed by atoms with Crippen molar-refractivity contribution < 1.29 is 14.7 Å². The molecule has 0 saturated carbocycles. The fourth-order valence-corrected chi connectivity index (χ4v) is 2.71. The maximum Gasteiger partial charge on any atom is 0.321 e. The molecule has 0 bridgehead atoms. The van der Waals surface area contributed by atoms with Gasteiger partial charge in [-0.1, -0.05) is 24.3 Å². The van der Waals surface area contributed by atoms with Crippen LogP contribution in [-0.2, 0) is 16.1 Å². The highest BCUT2D eigenvalue weighted by Gasteiger charge is 2.20. The largest absolute Gasteiger partial charge is 0.480 e. The summed E-state index contributed by atoms with van der Waals surface area (Å²) in [5.41, 5.74) is 3.30. The Balaban J connectivity index is 1.52. The number of carbonyl (C=O) groups is 2. The molecule has 29 heavy (non-hydrogen) atoms. The van der Waals surface area contributed by atoms with E-state index in [9.17, 15) is 14.7 Å². The number of carboxylic acids is 1. The summed E-state index contributed by atoms with van der Waals surface area (Å²) in [5.74, 6) is -1.45. The number of nitrogens with zero attached hydrogens (tertiary/aromatic N) is 1. The molecule has 7 nitrogen and oxygen atoms in total. The van der Waals surface area contributed by atoms with Crippen LogP contribution in [0.3, 0.4) is 0 Å². The number of aromatic nitrogens is 1. The number of amides is 1. The molecular weight excluding hydrogens is 368 g/mol. The van der Waals surface area contributed by atoms with Crippen LogP contribution in [0, 0.1) is 0 Å². The van der Waals surface area contributed by atoms with Crippen LogP contribution < -0.4 is 16.0 Å². The fourth-order valence-electron chi connectivity index (χ4n) is 2.71. The number of aliphatic carboxylic acids is 1. The van der Waals surface area contributed by atoms with Gasteiger partial charge >= 0.3 is 5.97 Å². The highest BCUT2D eigenvalue weighted by Crippen LogP contribution is 2.18. The molecule has 3 aromatic rings. The van der Waals surface area contributed by atoms with Crippen LogP contribution in [0.15, 0.2) is 79.1 Å². The van der Waals surface area contributed by atoms with Crippen LogP contribution in [0.25, 0.3) is 0 Å². The van der Waals surface area contributed by atoms with E-state index in [1.165, 1.54) is 0 Å². The number of rotatable bonds is 9. The second kappa shape index (κ2) is 10.0. The number of para-hydroxylation sites is 1. The van der Waals surface area contributed by atoms with Gasteiger partial charge in [-0.15, -0.1) is 0 Å². The average molecular weight is 390 g/mol. The molecule has 1 aromatic heterocycles. The van der Waals surface area contributed by atoms with Crippen LogP contribution in [0.4, 0.5) is 17.1 Å². The first-order valence-electron chi connectivity index (χ1n) is 9.17. The average Bonchev–Trinajstić information content (AvgIpc) is 2.74. The molecule has 1 amide bonds. The van der Waals surface area contributed by atoms with E-state index >= 15 is 0 Å². The molecule has 1 heterocycles. The van der Waals surface area contributed by atoms with Crippen LogP contribution in [0.1, 0.15) is 12.0 Å². The van der Waals surface area contributed by atoms with Crippen LogP contribution in [0.2, 0.25) is 0 Å². The number of pyridine rings is 1. The lowest BCUT2D eigenvalue weighted by Gasteiger charge is -2.14. The Bertz CT molecular complexity index is 931. The van der Waals surface area contributed by atoms with Crippen molar-refractivity contribution in [3.63, 3.8) is 0 Å². The van der Waals surface area contributed by atoms with Crippen molar-refractivity contribution >= 4 is 28.9 Å². The van der Waals surface area contributed by atoms with Gasteiger partial charge in [0.1, 0.15) is 6.04 Å². The monoisotopic (exact) mass is 390 g/mol. The summed E-state index contributed by atoms with van der Waals surface area (Å²) in [4.78, 5) is 27.7. The summed E-state index contributed by atoms with van der Waals surface area (Å²) in [7, 11) is 0. The third-order valence-electron chi connectivity index (χ3n) is 4.19. The van der Waals surface area contributed by atoms with Crippen molar-refractivity contribution in [2.45, 2.75) is 19.0 Å². The molecule has 1 atom stereocenters. The number of nitrogens with one attached hydrogen (secondary N) is 3. The highest BCUT2D eigenvalue weighted by molar-refractivity contribution is 5.94. The lowest BCUT2D eigenvalue weighted by Crippen LogP contribution is -2.39. The van der Waals surface area contributed by atoms with Gasteiger partial charge < -0.3 is 15.7 Å². The first kappa shape index (κ1) is 20.0. The summed E-state index contributed by atoms with van der Waals surface area (Å²) < 4.78 is 0. The number of hydrogen-bond donors (Lipinski definition) is 4. The predicted octanol–water partition coefficient (Wildman–Crippen LogP) is 3.40. The Labute approximate surface area is 168 Å². The zero-order valence-corrected chi connectivity index (χ0v) is 15.7. The third-order valence-corrected chi connectivity index (χ3v) is 4.19. The van der Waals surface area contributed by atoms with Gasteiger partial charge in [0.25, 0.3) is 0 Å². The van der Waals surface area contributed by atoms with E-state index in [1.54, 1.807) is 30.6 Å². The van der Waals surface area contributed by atoms with Crippen molar-refractivity contribution in [1.82, 2.24) is 10.3 Å². The Morgan fingerprint density at radius 2 is 1.59 bits per heavy atom. The fraction of sp³-hybridized carbons (Fsp3) is 0.136. The van der Waals surface area contributed by atoms with E-state index in [2.05, 4.69) is 20.9 Å². The molecular formula is C22H22N4O3. The molecule has 1 unspecified atom stereocenters. The first-order chi connectivity index (χ1) is 14.1. The predicted molar refractivity (Wildman–Crippen MR) is 112 cm³/mol. The quantitative estimate of drug-likeness (QED) is 0.447. The van der Waals surface area contributed by atoms with Gasteiger partial charge in [0.2, 0.25) is 5.91 Å². The topological polar surface area (TPSA) is 103 Å². The van der Waals surface area contributed by atoms with E-state index < -0.39 is 12.0 Å². The maximum atomic E-state index is 12.3. The Kier molecular flexibility index (Phi) is 6.91. The first-order valence-corrected chi connectivity index (χ1v) is 9.17. The Morgan fingerprint density at radius 1 is 0.897 bits per heavy atom. The van der Waals surface area contributed by atoms with Gasteiger partial charge in [-0.25, -0.2) is 0 Å². The van der Waals surface area contributed by atoms with E-state index in [0.29, 0.717) is 12.2 Å². The van der Waals surface area contributed by atoms with Gasteiger partial charge in [-0.2, -0.15) is 0 Å². The smallest absolute Gasteiger partial charge is 0.321 e. The maximum absolute atomic E-state index is 12.3. The molecule has 148 valence electrons. The second-order valence-electron chi connectivity index (χ2n) is 6.45. The molecule has 4 N–H and O–H groups in total. The normalized spacial score (nSPS) is 11.4. The minimum atomic E-state index is -1.08. The van der Waals surface area contributed by atoms with E-state index in [-0.39, 0.29) is 12.3 Å². The van der Waals surface area contributed by atoms with Gasteiger partial charge in [0.05, 0.1) is 6.42 Å². The lowest BCUT2D eigenvalue weighted by molar-refractivity contribution is -0.141. The van der Waals surface area contributed by atoms with Crippen molar-refractivity contribution in [1.29, 1.82) is 0 Å². The molecule has 0 aliphatic rings. The van der Waals surface area contributed by atoms with E-state index in [4.69, 9.17) is 0 Å². The van der Waals surface area contributed by atoms with E-state index in [1.807, 2.05) is 48.5 Å². The summed E-state index contributed by atoms with van der Waals surface area (Å²) in [6.45, 7) is 0.317. The van der Waals surface area contributed by atoms with Crippen molar-refractivity contribution in [3.8, 4) is 0 Å². The molecule has 0 aliphatic heterocycles. The number of hydrogen-bond acceptors (Lipinski definition) is 5. The summed E-state index contributed by atoms with van der Waals surface area (Å²) >= 11 is 0. The Morgan fingerprint density at radius 3 is 2.24 bits per heavy atom. The van der Waals surface area contributed by atoms with Crippen LogP contribution in [0.5, 0.6) is 0 Å². The van der Waals surface area contributed by atoms with Gasteiger partial charge in [-0.3, -0.25) is 19.9 Å². The lowest BCUT2D eigenvalue weighted by atomic mass is 10.1. The number of benzene rings is 2. The van der Waals surface area contributed by atoms with Gasteiger partial charge in [-0.05, 0) is 48.0 Å². The Hall–Kier alpha value is -3.71. The summed E-state index contributed by atoms with van der Waals surface area (Å²) in [5, 5.41) is 18.2. The number of carboxylic acid groups (broad SMARTS) is 1. The standard InChI is InChI=1S/C22H22N4O3/c27-21(13-20(22(28)29)24-15-16-5-4-12-23-14-16)26-19-10-8-18(9-11-19)25-17-6-2-1-3-7-17/h1-12,14,20,24-25H,13,15H2,(H,26,27)(H,28,29). The molecule has 0 aliphatic carbocycles. The van der Waals surface area contributed by atoms with Crippen molar-refractivity contribution in [2.75, 3.05) is 10.6 Å². The number of anilines is 3. The molecule has 0 spiro atoms. The van der Waals surface area contributed by atoms with E-state index in [0.717, 1.165) is 16.9 Å². The zero-order chi connectivity index (χ0) is 20.5. The molecule has 7 heteroatoms. The molecule has 0 radical (unpaired) electrons. The van der Waals surface area contributed by atoms with Gasteiger partial charge in [0, 0.05) is 36.0 Å². The SMILES string of the molecule is O=C(CC(NCc1cccnc1)C(=O)O)Nc1ccc(Nc2ccccc2)cc1. The second-order valence-corrected chi connectivity index (χ2v) is 6.45. The molecule has 2 aromatic carbocycles. The van der Waals surface area contributed by atoms with Crippen LogP contribution >= 0.6 is 0 Å². The molecule has 0 saturated heterocycles. The minimum absolute atomic E-state index is 0.181. The third kappa shape index (κ3) is 6.44. The zero-order valence-electron chi connectivity index (χ0n) is 15.7.